The van der Waals surface area contributed by atoms with Crippen molar-refractivity contribution >= 4 is 29.4 Å². The van der Waals surface area contributed by atoms with Gasteiger partial charge < -0.3 is 34.4 Å². The monoisotopic (exact) mass is 595 g/mol. The molecule has 0 aliphatic carbocycles. The van der Waals surface area contributed by atoms with Crippen LogP contribution in [0.25, 0.3) is 0 Å². The molecule has 3 amide bonds. The molecule has 0 aromatic heterocycles. The van der Waals surface area contributed by atoms with Gasteiger partial charge in [0.15, 0.2) is 0 Å². The van der Waals surface area contributed by atoms with Crippen LogP contribution >= 0.6 is 0 Å². The molecular formula is C32H41N3O8. The van der Waals surface area contributed by atoms with Crippen LogP contribution < -0.4 is 15.0 Å². The predicted molar refractivity (Wildman–Crippen MR) is 157 cm³/mol. The second-order valence-electron chi connectivity index (χ2n) is 11.6. The van der Waals surface area contributed by atoms with Crippen molar-refractivity contribution in [2.45, 2.75) is 69.3 Å². The number of unbranched alkanes of at least 4 members (excludes halogenated alkanes) is 3. The zero-order valence-corrected chi connectivity index (χ0v) is 24.8. The Balaban J connectivity index is 1.53. The van der Waals surface area contributed by atoms with Gasteiger partial charge >= 0.3 is 5.97 Å². The first-order valence-electron chi connectivity index (χ1n) is 15.2. The summed E-state index contributed by atoms with van der Waals surface area (Å²) >= 11 is 0. The Morgan fingerprint density at radius 3 is 2.56 bits per heavy atom. The van der Waals surface area contributed by atoms with E-state index in [1.807, 2.05) is 6.08 Å². The van der Waals surface area contributed by atoms with E-state index in [0.29, 0.717) is 37.2 Å². The van der Waals surface area contributed by atoms with Gasteiger partial charge in [-0.1, -0.05) is 37.1 Å². The molecule has 4 aliphatic rings. The number of aliphatic hydroxyl groups excluding tert-OH is 1. The number of nitrogens with zero attached hydrogens (tertiary/aromatic N) is 2. The van der Waals surface area contributed by atoms with E-state index in [9.17, 15) is 24.3 Å². The fraction of sp³-hybridized carbons (Fsp3) is 0.562. The molecule has 0 radical (unpaired) electrons. The zero-order chi connectivity index (χ0) is 30.6. The number of likely N-dealkylation sites (tertiary alicyclic amines) is 1. The number of allylic oxidation sites excluding steroid dienone is 1. The maximum atomic E-state index is 14.5. The summed E-state index contributed by atoms with van der Waals surface area (Å²) in [7, 11) is 1.57. The van der Waals surface area contributed by atoms with Crippen LogP contribution in [-0.4, -0.2) is 90.9 Å². The van der Waals surface area contributed by atoms with Crippen LogP contribution in [-0.2, 0) is 28.7 Å². The minimum absolute atomic E-state index is 0.102. The fourth-order valence-corrected chi connectivity index (χ4v) is 6.64. The molecule has 1 spiro atoms. The predicted octanol–water partition coefficient (Wildman–Crippen LogP) is 2.13. The van der Waals surface area contributed by atoms with E-state index in [-0.39, 0.29) is 43.8 Å². The lowest BCUT2D eigenvalue weighted by Gasteiger charge is -2.35. The van der Waals surface area contributed by atoms with Gasteiger partial charge in [-0.25, -0.2) is 0 Å². The van der Waals surface area contributed by atoms with Crippen LogP contribution in [0.5, 0.6) is 5.75 Å². The number of anilines is 1. The Morgan fingerprint density at radius 1 is 1.05 bits per heavy atom. The summed E-state index contributed by atoms with van der Waals surface area (Å²) in [5.74, 6) is -2.61. The molecule has 4 aliphatic heterocycles. The van der Waals surface area contributed by atoms with Crippen molar-refractivity contribution in [3.05, 3.63) is 48.6 Å². The maximum absolute atomic E-state index is 14.5. The van der Waals surface area contributed by atoms with Crippen molar-refractivity contribution in [1.29, 1.82) is 0 Å². The van der Waals surface area contributed by atoms with E-state index in [4.69, 9.17) is 14.2 Å². The fourth-order valence-electron chi connectivity index (χ4n) is 6.64. The Kier molecular flexibility index (Phi) is 9.51. The quantitative estimate of drug-likeness (QED) is 0.265. The number of methoxy groups -OCH3 is 1. The molecule has 43 heavy (non-hydrogen) atoms. The minimum atomic E-state index is -1.38. The van der Waals surface area contributed by atoms with Crippen molar-refractivity contribution in [1.82, 2.24) is 10.2 Å². The number of amides is 3. The van der Waals surface area contributed by atoms with Crippen LogP contribution in [0.15, 0.2) is 48.6 Å². The Bertz CT molecular complexity index is 1260. The molecule has 4 heterocycles. The van der Waals surface area contributed by atoms with Crippen LogP contribution in [0.2, 0.25) is 0 Å². The highest BCUT2D eigenvalue weighted by Gasteiger charge is 2.71. The third kappa shape index (κ3) is 6.05. The van der Waals surface area contributed by atoms with E-state index >= 15 is 0 Å². The van der Waals surface area contributed by atoms with Crippen molar-refractivity contribution in [2.75, 3.05) is 38.3 Å². The van der Waals surface area contributed by atoms with Crippen molar-refractivity contribution in [3.8, 4) is 5.75 Å². The van der Waals surface area contributed by atoms with Gasteiger partial charge in [0.1, 0.15) is 29.4 Å². The van der Waals surface area contributed by atoms with Gasteiger partial charge in [0.05, 0.1) is 25.7 Å². The first-order valence-corrected chi connectivity index (χ1v) is 15.2. The van der Waals surface area contributed by atoms with Crippen molar-refractivity contribution in [3.63, 3.8) is 0 Å². The van der Waals surface area contributed by atoms with E-state index in [1.54, 1.807) is 66.3 Å². The Labute approximate surface area is 251 Å². The number of fused-ring (bicyclic) bond motifs is 2. The number of nitrogens with one attached hydrogen (secondary N) is 1. The van der Waals surface area contributed by atoms with Gasteiger partial charge in [-0.2, -0.15) is 0 Å². The molecule has 1 aromatic rings. The molecule has 0 bridgehead atoms. The lowest BCUT2D eigenvalue weighted by molar-refractivity contribution is -0.158. The average molecular weight is 596 g/mol. The number of hydrogen-bond acceptors (Lipinski definition) is 8. The molecule has 2 saturated heterocycles. The first-order chi connectivity index (χ1) is 20.8. The third-order valence-electron chi connectivity index (χ3n) is 8.73. The average Bonchev–Trinajstić information content (AvgIpc) is 3.38. The Morgan fingerprint density at radius 2 is 1.81 bits per heavy atom. The number of aliphatic hydroxyl groups is 1. The standard InChI is InChI=1S/C32H41N3O8/c1-21-20-33-25(37)11-6-5-10-24-26(31(40)42-21)27-29(38)35(17-7-3-4-8-19-36)28-30(39)34(18-9-16-32(27,28)43-24)22-12-14-23(41-2)15-13-22/h5,9-10,12-16,21,24,26-28,36H,3-4,6-8,11,17-20H2,1-2H3,(H,33,37)/b10-5-/t21-,24-,26+,27+,28-,32+/m1/s1. The van der Waals surface area contributed by atoms with Crippen LogP contribution in [0, 0.1) is 11.8 Å². The van der Waals surface area contributed by atoms with Crippen molar-refractivity contribution < 1.29 is 38.5 Å². The number of hydrogen-bond donors (Lipinski definition) is 2. The number of carbonyl (C=O) groups excluding carboxylic acids is 4. The van der Waals surface area contributed by atoms with E-state index in [0.717, 1.165) is 12.8 Å². The molecular weight excluding hydrogens is 554 g/mol. The van der Waals surface area contributed by atoms with Gasteiger partial charge in [0.25, 0.3) is 5.91 Å². The summed E-state index contributed by atoms with van der Waals surface area (Å²) in [6.07, 6.45) is 9.33. The number of carbonyl (C=O) groups is 4. The highest BCUT2D eigenvalue weighted by atomic mass is 16.6. The topological polar surface area (TPSA) is 135 Å². The lowest BCUT2D eigenvalue weighted by atomic mass is 9.78. The molecule has 11 nitrogen and oxygen atoms in total. The zero-order valence-electron chi connectivity index (χ0n) is 24.8. The van der Waals surface area contributed by atoms with Gasteiger partial charge in [-0.3, -0.25) is 19.2 Å². The van der Waals surface area contributed by atoms with Crippen LogP contribution in [0.4, 0.5) is 5.69 Å². The SMILES string of the molecule is COc1ccc(N2CC=C[C@]34O[C@@H]5/C=C\CCC(=O)NC[C@@H](C)OC(=O)[C@@H]5[C@H]3C(=O)N(CCCCCCO)[C@@H]4C2=O)cc1. The molecule has 2 N–H and O–H groups in total. The number of rotatable bonds is 8. The highest BCUT2D eigenvalue weighted by Crippen LogP contribution is 2.53. The van der Waals surface area contributed by atoms with Gasteiger partial charge in [-0.15, -0.1) is 0 Å². The number of ether oxygens (including phenoxy) is 3. The number of esters is 1. The lowest BCUT2D eigenvalue weighted by Crippen LogP contribution is -2.55. The first kappa shape index (κ1) is 30.7. The molecule has 0 unspecified atom stereocenters. The van der Waals surface area contributed by atoms with Crippen molar-refractivity contribution in [2.24, 2.45) is 11.8 Å². The summed E-state index contributed by atoms with van der Waals surface area (Å²) in [5, 5.41) is 12.0. The number of benzene rings is 1. The van der Waals surface area contributed by atoms with Gasteiger partial charge in [0.2, 0.25) is 11.8 Å². The van der Waals surface area contributed by atoms with E-state index < -0.39 is 41.7 Å². The highest BCUT2D eigenvalue weighted by molar-refractivity contribution is 6.05. The Hall–Kier alpha value is -3.70. The molecule has 1 aromatic carbocycles. The summed E-state index contributed by atoms with van der Waals surface area (Å²) in [4.78, 5) is 57.9. The molecule has 232 valence electrons. The summed E-state index contributed by atoms with van der Waals surface area (Å²) in [6.45, 7) is 2.54. The van der Waals surface area contributed by atoms with Gasteiger partial charge in [0, 0.05) is 31.8 Å². The van der Waals surface area contributed by atoms with Gasteiger partial charge in [-0.05, 0) is 50.5 Å². The molecule has 2 fully saturated rings. The summed E-state index contributed by atoms with van der Waals surface area (Å²) in [5.41, 5.74) is -0.725. The third-order valence-corrected chi connectivity index (χ3v) is 8.73. The molecule has 6 atom stereocenters. The second kappa shape index (κ2) is 13.3. The normalized spacial score (nSPS) is 31.7. The molecule has 11 heteroatoms. The molecule has 5 rings (SSSR count). The number of cyclic esters (lactones) is 1. The van der Waals surface area contributed by atoms with E-state index in [2.05, 4.69) is 5.32 Å². The van der Waals surface area contributed by atoms with Crippen LogP contribution in [0.1, 0.15) is 45.4 Å². The summed E-state index contributed by atoms with van der Waals surface area (Å²) < 4.78 is 17.7. The largest absolute Gasteiger partial charge is 0.497 e. The summed E-state index contributed by atoms with van der Waals surface area (Å²) in [6, 6.07) is 6.17. The molecule has 0 saturated carbocycles. The minimum Gasteiger partial charge on any atom is -0.497 e. The van der Waals surface area contributed by atoms with Crippen LogP contribution in [0.3, 0.4) is 0 Å². The maximum Gasteiger partial charge on any atom is 0.313 e. The smallest absolute Gasteiger partial charge is 0.313 e. The second-order valence-corrected chi connectivity index (χ2v) is 11.6. The van der Waals surface area contributed by atoms with E-state index in [1.165, 1.54) is 0 Å².